The Labute approximate surface area is 134 Å². The second-order valence-corrected chi connectivity index (χ2v) is 4.73. The quantitative estimate of drug-likeness (QED) is 0.555. The summed E-state index contributed by atoms with van der Waals surface area (Å²) < 4.78 is 19.6. The maximum Gasteiger partial charge on any atom is 0.284 e. The van der Waals surface area contributed by atoms with E-state index >= 15 is 0 Å². The van der Waals surface area contributed by atoms with Gasteiger partial charge < -0.3 is 20.4 Å². The van der Waals surface area contributed by atoms with Crippen LogP contribution in [0.15, 0.2) is 18.5 Å². The molecule has 0 atom stereocenters. The number of ether oxygens (including phenoxy) is 1. The Kier molecular flexibility index (Phi) is 3.86. The van der Waals surface area contributed by atoms with Crippen LogP contribution in [0.4, 0.5) is 10.3 Å². The molecule has 10 heteroatoms. The van der Waals surface area contributed by atoms with E-state index in [2.05, 4.69) is 25.3 Å². The number of halogens is 1. The summed E-state index contributed by atoms with van der Waals surface area (Å²) in [6.07, 6.45) is 2.99. The number of nitrogens with two attached hydrogens (primary N) is 1. The normalized spacial score (nSPS) is 10.8. The van der Waals surface area contributed by atoms with Gasteiger partial charge in [0.15, 0.2) is 17.4 Å². The largest absolute Gasteiger partial charge is 0.491 e. The van der Waals surface area contributed by atoms with E-state index in [1.54, 1.807) is 6.92 Å². The van der Waals surface area contributed by atoms with Crippen LogP contribution in [0.2, 0.25) is 0 Å². The van der Waals surface area contributed by atoms with Crippen molar-refractivity contribution < 1.29 is 18.7 Å². The summed E-state index contributed by atoms with van der Waals surface area (Å²) in [7, 11) is 0. The Balaban J connectivity index is 2.15. The minimum Gasteiger partial charge on any atom is -0.491 e. The second-order valence-electron chi connectivity index (χ2n) is 4.73. The molecule has 0 aliphatic carbocycles. The minimum absolute atomic E-state index is 0.0336. The average Bonchev–Trinajstić information content (AvgIpc) is 3.19. The number of rotatable bonds is 5. The predicted octanol–water partition coefficient (Wildman–Crippen LogP) is 1.17. The van der Waals surface area contributed by atoms with Gasteiger partial charge in [-0.15, -0.1) is 0 Å². The molecule has 0 spiro atoms. The maximum absolute atomic E-state index is 14.4. The van der Waals surface area contributed by atoms with Crippen molar-refractivity contribution in [3.63, 3.8) is 0 Å². The predicted molar refractivity (Wildman–Crippen MR) is 82.3 cm³/mol. The average molecular weight is 332 g/mol. The number of H-pyrrole nitrogens is 2. The van der Waals surface area contributed by atoms with Crippen molar-refractivity contribution in [2.24, 2.45) is 5.73 Å². The molecule has 0 aliphatic rings. The van der Waals surface area contributed by atoms with Gasteiger partial charge in [0.25, 0.3) is 11.8 Å². The third kappa shape index (κ3) is 2.64. The maximum atomic E-state index is 14.4. The highest BCUT2D eigenvalue weighted by molar-refractivity contribution is 6.12. The number of fused-ring (bicyclic) bond motifs is 1. The SMILES string of the molecule is CCOc1cc(C(=O)Nc2ncc[nH]2)c2[nH]c(C(N)=O)nc2c1F. The Bertz CT molecular complexity index is 918. The van der Waals surface area contributed by atoms with Crippen LogP contribution in [0.5, 0.6) is 5.75 Å². The highest BCUT2D eigenvalue weighted by atomic mass is 19.1. The number of nitrogens with one attached hydrogen (secondary N) is 3. The van der Waals surface area contributed by atoms with Crippen LogP contribution in [-0.4, -0.2) is 38.4 Å². The smallest absolute Gasteiger partial charge is 0.284 e. The second kappa shape index (κ2) is 5.99. The third-order valence-electron chi connectivity index (χ3n) is 3.18. The number of anilines is 1. The first-order chi connectivity index (χ1) is 11.5. The first-order valence-electron chi connectivity index (χ1n) is 6.96. The standard InChI is InChI=1S/C14H13FN6O3/c1-2-24-7-5-6(13(23)21-14-17-3-4-18-14)9-10(8(7)15)20-12(19-9)11(16)22/h3-5H,2H2,1H3,(H2,16,22)(H,19,20)(H2,17,18,21,23). The molecule has 0 radical (unpaired) electrons. The number of imidazole rings is 2. The number of nitrogens with zero attached hydrogens (tertiary/aromatic N) is 2. The van der Waals surface area contributed by atoms with Gasteiger partial charge in [0.2, 0.25) is 5.95 Å². The van der Waals surface area contributed by atoms with Crippen LogP contribution in [0.1, 0.15) is 27.9 Å². The van der Waals surface area contributed by atoms with Gasteiger partial charge in [-0.05, 0) is 13.0 Å². The molecule has 1 aromatic carbocycles. The van der Waals surface area contributed by atoms with E-state index in [1.165, 1.54) is 18.5 Å². The molecule has 2 amide bonds. The zero-order valence-corrected chi connectivity index (χ0v) is 12.5. The fourth-order valence-corrected chi connectivity index (χ4v) is 2.18. The lowest BCUT2D eigenvalue weighted by Crippen LogP contribution is -2.14. The fraction of sp³-hybridized carbons (Fsp3) is 0.143. The zero-order chi connectivity index (χ0) is 17.3. The number of aromatic nitrogens is 4. The summed E-state index contributed by atoms with van der Waals surface area (Å²) in [4.78, 5) is 36.7. The molecule has 2 heterocycles. The summed E-state index contributed by atoms with van der Waals surface area (Å²) in [5, 5.41) is 2.51. The fourth-order valence-electron chi connectivity index (χ4n) is 2.18. The van der Waals surface area contributed by atoms with Crippen molar-refractivity contribution in [3.05, 3.63) is 35.7 Å². The number of amides is 2. The molecule has 5 N–H and O–H groups in total. The van der Waals surface area contributed by atoms with Gasteiger partial charge in [-0.2, -0.15) is 0 Å². The highest BCUT2D eigenvalue weighted by Crippen LogP contribution is 2.29. The van der Waals surface area contributed by atoms with Crippen molar-refractivity contribution in [3.8, 4) is 5.75 Å². The van der Waals surface area contributed by atoms with E-state index in [4.69, 9.17) is 10.5 Å². The lowest BCUT2D eigenvalue weighted by atomic mass is 10.1. The van der Waals surface area contributed by atoms with E-state index in [0.717, 1.165) is 0 Å². The first-order valence-corrected chi connectivity index (χ1v) is 6.96. The van der Waals surface area contributed by atoms with Crippen LogP contribution in [0, 0.1) is 5.82 Å². The van der Waals surface area contributed by atoms with Gasteiger partial charge in [-0.1, -0.05) is 0 Å². The number of hydrogen-bond acceptors (Lipinski definition) is 5. The number of hydrogen-bond donors (Lipinski definition) is 4. The molecular weight excluding hydrogens is 319 g/mol. The molecule has 2 aromatic heterocycles. The van der Waals surface area contributed by atoms with Crippen molar-refractivity contribution in [2.75, 3.05) is 11.9 Å². The Morgan fingerprint density at radius 1 is 1.46 bits per heavy atom. The molecule has 0 bridgehead atoms. The Morgan fingerprint density at radius 3 is 2.88 bits per heavy atom. The van der Waals surface area contributed by atoms with Crippen LogP contribution < -0.4 is 15.8 Å². The molecule has 124 valence electrons. The van der Waals surface area contributed by atoms with Gasteiger partial charge in [-0.25, -0.2) is 14.4 Å². The molecule has 9 nitrogen and oxygen atoms in total. The Morgan fingerprint density at radius 2 is 2.25 bits per heavy atom. The molecule has 3 rings (SSSR count). The molecule has 0 aliphatic heterocycles. The van der Waals surface area contributed by atoms with Crippen LogP contribution >= 0.6 is 0 Å². The summed E-state index contributed by atoms with van der Waals surface area (Å²) >= 11 is 0. The molecule has 0 saturated heterocycles. The highest BCUT2D eigenvalue weighted by Gasteiger charge is 2.23. The molecule has 3 aromatic rings. The topological polar surface area (TPSA) is 139 Å². The van der Waals surface area contributed by atoms with Crippen molar-refractivity contribution in [1.82, 2.24) is 19.9 Å². The third-order valence-corrected chi connectivity index (χ3v) is 3.18. The van der Waals surface area contributed by atoms with E-state index in [1.807, 2.05) is 0 Å². The molecule has 0 unspecified atom stereocenters. The molecule has 0 saturated carbocycles. The monoisotopic (exact) mass is 332 g/mol. The number of aromatic amines is 2. The summed E-state index contributed by atoms with van der Waals surface area (Å²) in [6, 6.07) is 1.22. The van der Waals surface area contributed by atoms with Gasteiger partial charge in [0.1, 0.15) is 5.52 Å². The van der Waals surface area contributed by atoms with Gasteiger partial charge in [-0.3, -0.25) is 14.9 Å². The van der Waals surface area contributed by atoms with E-state index in [9.17, 15) is 14.0 Å². The van der Waals surface area contributed by atoms with Crippen LogP contribution in [0.3, 0.4) is 0 Å². The van der Waals surface area contributed by atoms with Crippen LogP contribution in [-0.2, 0) is 0 Å². The van der Waals surface area contributed by atoms with E-state index in [0.29, 0.717) is 0 Å². The molecule has 24 heavy (non-hydrogen) atoms. The van der Waals surface area contributed by atoms with Gasteiger partial charge >= 0.3 is 0 Å². The number of benzene rings is 1. The molecular formula is C14H13FN6O3. The van der Waals surface area contributed by atoms with Crippen molar-refractivity contribution >= 4 is 28.8 Å². The lowest BCUT2D eigenvalue weighted by Gasteiger charge is -2.09. The Hall–Kier alpha value is -3.43. The number of primary amides is 1. The number of carbonyl (C=O) groups excluding carboxylic acids is 2. The van der Waals surface area contributed by atoms with Crippen molar-refractivity contribution in [1.29, 1.82) is 0 Å². The van der Waals surface area contributed by atoms with Gasteiger partial charge in [0, 0.05) is 12.4 Å². The number of carbonyl (C=O) groups is 2. The molecule has 0 fully saturated rings. The summed E-state index contributed by atoms with van der Waals surface area (Å²) in [5.74, 6) is -2.45. The van der Waals surface area contributed by atoms with E-state index < -0.39 is 17.6 Å². The van der Waals surface area contributed by atoms with Gasteiger partial charge in [0.05, 0.1) is 17.7 Å². The minimum atomic E-state index is -0.874. The van der Waals surface area contributed by atoms with Crippen LogP contribution in [0.25, 0.3) is 11.0 Å². The lowest BCUT2D eigenvalue weighted by molar-refractivity contribution is 0.0989. The van der Waals surface area contributed by atoms with Crippen molar-refractivity contribution in [2.45, 2.75) is 6.92 Å². The summed E-state index contributed by atoms with van der Waals surface area (Å²) in [5.41, 5.74) is 5.02. The zero-order valence-electron chi connectivity index (χ0n) is 12.5. The first kappa shape index (κ1) is 15.5. The van der Waals surface area contributed by atoms with E-state index in [-0.39, 0.29) is 40.7 Å². The summed E-state index contributed by atoms with van der Waals surface area (Å²) in [6.45, 7) is 1.86.